The molecule has 1 aliphatic carbocycles. The lowest BCUT2D eigenvalue weighted by Gasteiger charge is -2.26. The van der Waals surface area contributed by atoms with Crippen molar-refractivity contribution in [3.63, 3.8) is 0 Å². The molecule has 4 rings (SSSR count). The number of aliphatic carboxylic acids is 1. The van der Waals surface area contributed by atoms with Gasteiger partial charge in [-0.2, -0.15) is 8.78 Å². The maximum Gasteiger partial charge on any atom is 0.317 e. The van der Waals surface area contributed by atoms with Crippen molar-refractivity contribution in [3.8, 4) is 5.75 Å². The fourth-order valence-electron chi connectivity index (χ4n) is 4.75. The quantitative estimate of drug-likeness (QED) is 0.374. The molecule has 35 heavy (non-hydrogen) atoms. The molecule has 0 saturated heterocycles. The molecule has 0 saturated carbocycles. The van der Waals surface area contributed by atoms with Gasteiger partial charge in [-0.05, 0) is 73.7 Å². The van der Waals surface area contributed by atoms with E-state index in [1.807, 2.05) is 36.4 Å². The second-order valence-electron chi connectivity index (χ2n) is 9.19. The number of carboxylic acids is 1. The number of carboxylic acid groups (broad SMARTS) is 1. The predicted octanol–water partition coefficient (Wildman–Crippen LogP) is 6.23. The van der Waals surface area contributed by atoms with Gasteiger partial charge in [0.25, 0.3) is 5.92 Å². The number of ether oxygens (including phenoxy) is 1. The first-order valence-electron chi connectivity index (χ1n) is 12.1. The molecule has 0 aromatic heterocycles. The van der Waals surface area contributed by atoms with E-state index in [0.717, 1.165) is 36.0 Å². The normalized spacial score (nSPS) is 14.4. The van der Waals surface area contributed by atoms with Gasteiger partial charge in [-0.1, -0.05) is 48.5 Å². The Morgan fingerprint density at radius 1 is 1.00 bits per heavy atom. The zero-order valence-electron chi connectivity index (χ0n) is 19.9. The fraction of sp³-hybridized carbons (Fsp3) is 0.345. The number of rotatable bonds is 10. The van der Waals surface area contributed by atoms with Crippen molar-refractivity contribution in [1.82, 2.24) is 4.90 Å². The Balaban J connectivity index is 1.52. The van der Waals surface area contributed by atoms with Crippen LogP contribution in [-0.2, 0) is 23.6 Å². The van der Waals surface area contributed by atoms with Crippen molar-refractivity contribution < 1.29 is 23.4 Å². The van der Waals surface area contributed by atoms with Gasteiger partial charge in [0.1, 0.15) is 11.9 Å². The van der Waals surface area contributed by atoms with E-state index in [-0.39, 0.29) is 23.8 Å². The van der Waals surface area contributed by atoms with Crippen LogP contribution in [0.25, 0.3) is 0 Å². The Morgan fingerprint density at radius 2 is 1.71 bits per heavy atom. The van der Waals surface area contributed by atoms with Gasteiger partial charge in [-0.25, -0.2) is 0 Å². The van der Waals surface area contributed by atoms with E-state index < -0.39 is 11.9 Å². The number of halogens is 2. The Bertz CT molecular complexity index is 1130. The van der Waals surface area contributed by atoms with Crippen LogP contribution in [0.4, 0.5) is 8.78 Å². The van der Waals surface area contributed by atoms with Crippen molar-refractivity contribution in [2.24, 2.45) is 0 Å². The van der Waals surface area contributed by atoms with E-state index in [4.69, 9.17) is 9.84 Å². The number of aryl methyl sites for hydroxylation is 1. The summed E-state index contributed by atoms with van der Waals surface area (Å²) in [6.07, 6.45) is 3.76. The summed E-state index contributed by atoms with van der Waals surface area (Å²) in [5.41, 5.74) is 2.82. The number of likely N-dealkylation sites (N-methyl/N-ethyl adjacent to an activating group) is 1. The summed E-state index contributed by atoms with van der Waals surface area (Å²) < 4.78 is 37.3. The zero-order valence-corrected chi connectivity index (χ0v) is 19.9. The summed E-state index contributed by atoms with van der Waals surface area (Å²) in [5.74, 6) is -3.48. The van der Waals surface area contributed by atoms with E-state index >= 15 is 8.78 Å². The number of hydrogen-bond acceptors (Lipinski definition) is 3. The van der Waals surface area contributed by atoms with E-state index in [0.29, 0.717) is 25.1 Å². The molecule has 0 heterocycles. The van der Waals surface area contributed by atoms with Gasteiger partial charge in [0.15, 0.2) is 0 Å². The summed E-state index contributed by atoms with van der Waals surface area (Å²) in [7, 11) is 1.75. The largest absolute Gasteiger partial charge is 0.486 e. The van der Waals surface area contributed by atoms with Crippen LogP contribution in [0.2, 0.25) is 0 Å². The summed E-state index contributed by atoms with van der Waals surface area (Å²) in [6, 6.07) is 20.9. The highest BCUT2D eigenvalue weighted by molar-refractivity contribution is 5.69. The lowest BCUT2D eigenvalue weighted by molar-refractivity contribution is -0.138. The monoisotopic (exact) mass is 479 g/mol. The van der Waals surface area contributed by atoms with Crippen LogP contribution in [0.5, 0.6) is 5.75 Å². The minimum Gasteiger partial charge on any atom is -0.486 e. The minimum atomic E-state index is -3.08. The molecule has 3 aromatic rings. The molecule has 4 nitrogen and oxygen atoms in total. The standard InChI is InChI=1S/C29H31F2NO3/c1-32(20-28(33)34)19-18-27(22-9-3-2-4-10-22)35-24-16-14-23(15-17-24)29(30,31)26-13-7-11-21-8-5-6-12-25(21)26/h2-4,7,9-11,13-17,27H,5-6,8,12,18-20H2,1H3,(H,33,34). The Labute approximate surface area is 205 Å². The van der Waals surface area contributed by atoms with Crippen LogP contribution in [0.15, 0.2) is 72.8 Å². The minimum absolute atomic E-state index is 0.0544. The lowest BCUT2D eigenvalue weighted by Crippen LogP contribution is -2.28. The molecular weight excluding hydrogens is 448 g/mol. The number of hydrogen-bond donors (Lipinski definition) is 1. The van der Waals surface area contributed by atoms with Crippen molar-refractivity contribution >= 4 is 5.97 Å². The topological polar surface area (TPSA) is 49.8 Å². The first-order valence-corrected chi connectivity index (χ1v) is 12.1. The summed E-state index contributed by atoms with van der Waals surface area (Å²) in [5, 5.41) is 9.01. The highest BCUT2D eigenvalue weighted by atomic mass is 19.3. The van der Waals surface area contributed by atoms with Gasteiger partial charge in [-0.3, -0.25) is 9.69 Å². The van der Waals surface area contributed by atoms with Crippen LogP contribution >= 0.6 is 0 Å². The third-order valence-electron chi connectivity index (χ3n) is 6.58. The number of benzene rings is 3. The molecule has 0 aliphatic heterocycles. The number of carbonyl (C=O) groups is 1. The smallest absolute Gasteiger partial charge is 0.317 e. The molecule has 0 fully saturated rings. The van der Waals surface area contributed by atoms with Crippen molar-refractivity contribution in [2.75, 3.05) is 20.1 Å². The van der Waals surface area contributed by atoms with Crippen LogP contribution in [0.1, 0.15) is 53.2 Å². The van der Waals surface area contributed by atoms with Crippen LogP contribution in [0.3, 0.4) is 0 Å². The van der Waals surface area contributed by atoms with Crippen molar-refractivity contribution in [3.05, 3.63) is 101 Å². The highest BCUT2D eigenvalue weighted by Crippen LogP contribution is 2.41. The van der Waals surface area contributed by atoms with Crippen LogP contribution < -0.4 is 4.74 Å². The molecule has 0 radical (unpaired) electrons. The fourth-order valence-corrected chi connectivity index (χ4v) is 4.75. The Hall–Kier alpha value is -3.25. The number of alkyl halides is 2. The van der Waals surface area contributed by atoms with E-state index in [1.165, 1.54) is 12.1 Å². The van der Waals surface area contributed by atoms with Crippen molar-refractivity contribution in [1.29, 1.82) is 0 Å². The molecule has 1 N–H and O–H groups in total. The second-order valence-corrected chi connectivity index (χ2v) is 9.19. The average Bonchev–Trinajstić information content (AvgIpc) is 2.86. The van der Waals surface area contributed by atoms with E-state index in [1.54, 1.807) is 36.2 Å². The van der Waals surface area contributed by atoms with Crippen LogP contribution in [0, 0.1) is 0 Å². The first kappa shape index (κ1) is 24.9. The van der Waals surface area contributed by atoms with Gasteiger partial charge in [0.05, 0.1) is 6.54 Å². The number of fused-ring (bicyclic) bond motifs is 1. The number of nitrogens with zero attached hydrogens (tertiary/aromatic N) is 1. The molecule has 1 atom stereocenters. The maximum atomic E-state index is 15.6. The maximum absolute atomic E-state index is 15.6. The Morgan fingerprint density at radius 3 is 2.43 bits per heavy atom. The van der Waals surface area contributed by atoms with E-state index in [9.17, 15) is 4.79 Å². The molecule has 3 aromatic carbocycles. The van der Waals surface area contributed by atoms with Gasteiger partial charge >= 0.3 is 5.97 Å². The second kappa shape index (κ2) is 11.0. The third-order valence-corrected chi connectivity index (χ3v) is 6.58. The predicted molar refractivity (Wildman–Crippen MR) is 132 cm³/mol. The average molecular weight is 480 g/mol. The first-order chi connectivity index (χ1) is 16.8. The summed E-state index contributed by atoms with van der Waals surface area (Å²) in [4.78, 5) is 12.7. The molecular formula is C29H31F2NO3. The van der Waals surface area contributed by atoms with Gasteiger partial charge in [0, 0.05) is 24.1 Å². The van der Waals surface area contributed by atoms with Crippen molar-refractivity contribution in [2.45, 2.75) is 44.1 Å². The van der Waals surface area contributed by atoms with E-state index in [2.05, 4.69) is 0 Å². The lowest BCUT2D eigenvalue weighted by atomic mass is 9.85. The van der Waals surface area contributed by atoms with Crippen LogP contribution in [-0.4, -0.2) is 36.1 Å². The molecule has 0 spiro atoms. The zero-order chi connectivity index (χ0) is 24.8. The van der Waals surface area contributed by atoms with Gasteiger partial charge < -0.3 is 9.84 Å². The van der Waals surface area contributed by atoms with Gasteiger partial charge in [-0.15, -0.1) is 0 Å². The molecule has 1 unspecified atom stereocenters. The Kier molecular flexibility index (Phi) is 7.81. The molecule has 184 valence electrons. The molecule has 0 bridgehead atoms. The summed E-state index contributed by atoms with van der Waals surface area (Å²) in [6.45, 7) is 0.454. The third kappa shape index (κ3) is 6.06. The molecule has 1 aliphatic rings. The SMILES string of the molecule is CN(CCC(Oc1ccc(C(F)(F)c2cccc3c2CCCC3)cc1)c1ccccc1)CC(=O)O. The molecule has 6 heteroatoms. The molecule has 0 amide bonds. The summed E-state index contributed by atoms with van der Waals surface area (Å²) >= 11 is 0. The van der Waals surface area contributed by atoms with Gasteiger partial charge in [0.2, 0.25) is 0 Å². The highest BCUT2D eigenvalue weighted by Gasteiger charge is 2.37.